The fraction of sp³-hybridized carbons (Fsp3) is 0.385. The summed E-state index contributed by atoms with van der Waals surface area (Å²) in [5.41, 5.74) is 5.89. The predicted molar refractivity (Wildman–Crippen MR) is 72.1 cm³/mol. The number of hydrogen-bond acceptors (Lipinski definition) is 3. The molecule has 3 nitrogen and oxygen atoms in total. The van der Waals surface area contributed by atoms with Crippen LogP contribution in [0.25, 0.3) is 6.08 Å². The predicted octanol–water partition coefficient (Wildman–Crippen LogP) is 2.97. The summed E-state index contributed by atoms with van der Waals surface area (Å²) in [6.07, 6.45) is 2.66. The first-order chi connectivity index (χ1) is 8.08. The van der Waals surface area contributed by atoms with Gasteiger partial charge in [-0.2, -0.15) is 5.10 Å². The molecule has 0 radical (unpaired) electrons. The van der Waals surface area contributed by atoms with Gasteiger partial charge in [0.2, 0.25) is 5.91 Å². The van der Waals surface area contributed by atoms with Gasteiger partial charge < -0.3 is 0 Å². The first-order valence-corrected chi connectivity index (χ1v) is 6.55. The zero-order chi connectivity index (χ0) is 12.4. The van der Waals surface area contributed by atoms with Crippen LogP contribution < -0.4 is 5.43 Å². The Morgan fingerprint density at radius 3 is 3.00 bits per heavy atom. The molecule has 1 unspecified atom stereocenters. The lowest BCUT2D eigenvalue weighted by atomic mass is 9.94. The maximum Gasteiger partial charge on any atom is 0.240 e. The second kappa shape index (κ2) is 4.84. The summed E-state index contributed by atoms with van der Waals surface area (Å²) in [5.74, 6) is 0.194. The fourth-order valence-electron chi connectivity index (χ4n) is 1.98. The van der Waals surface area contributed by atoms with Gasteiger partial charge in [0, 0.05) is 17.2 Å². The van der Waals surface area contributed by atoms with Crippen LogP contribution in [0.3, 0.4) is 0 Å². The Morgan fingerprint density at radius 2 is 2.41 bits per heavy atom. The maximum absolute atomic E-state index is 11.2. The molecule has 90 valence electrons. The van der Waals surface area contributed by atoms with Crippen LogP contribution in [0.5, 0.6) is 0 Å². The lowest BCUT2D eigenvalue weighted by Gasteiger charge is -2.19. The van der Waals surface area contributed by atoms with E-state index in [2.05, 4.69) is 35.0 Å². The average Bonchev–Trinajstić information content (AvgIpc) is 2.64. The minimum Gasteiger partial charge on any atom is -0.273 e. The third-order valence-corrected chi connectivity index (χ3v) is 3.80. The van der Waals surface area contributed by atoms with Crippen molar-refractivity contribution < 1.29 is 4.79 Å². The van der Waals surface area contributed by atoms with Crippen molar-refractivity contribution >= 4 is 29.0 Å². The zero-order valence-corrected chi connectivity index (χ0v) is 11.1. The van der Waals surface area contributed by atoms with Crippen molar-refractivity contribution in [2.45, 2.75) is 27.2 Å². The Balaban J connectivity index is 2.26. The van der Waals surface area contributed by atoms with Crippen LogP contribution in [0.4, 0.5) is 0 Å². The van der Waals surface area contributed by atoms with Crippen molar-refractivity contribution in [2.24, 2.45) is 11.0 Å². The second-order valence-electron chi connectivity index (χ2n) is 4.40. The van der Waals surface area contributed by atoms with E-state index < -0.39 is 0 Å². The molecule has 1 N–H and O–H groups in total. The number of allylic oxidation sites excluding steroid dienone is 1. The van der Waals surface area contributed by atoms with Crippen molar-refractivity contribution in [2.75, 3.05) is 0 Å². The Morgan fingerprint density at radius 1 is 1.65 bits per heavy atom. The molecule has 0 saturated heterocycles. The lowest BCUT2D eigenvalue weighted by molar-refractivity contribution is -0.121. The number of carbonyl (C=O) groups excluding carboxylic acids is 1. The summed E-state index contributed by atoms with van der Waals surface area (Å²) >= 11 is 1.74. The number of amides is 1. The molecule has 1 atom stereocenters. The SMILES string of the molecule is CC(=Cc1ccsc1C)C1=NNC(=O)CC1C. The molecule has 4 heteroatoms. The van der Waals surface area contributed by atoms with Gasteiger partial charge in [-0.05, 0) is 42.5 Å². The van der Waals surface area contributed by atoms with E-state index in [0.717, 1.165) is 11.3 Å². The number of hydrogen-bond donors (Lipinski definition) is 1. The summed E-state index contributed by atoms with van der Waals surface area (Å²) in [6.45, 7) is 6.19. The van der Waals surface area contributed by atoms with E-state index >= 15 is 0 Å². The summed E-state index contributed by atoms with van der Waals surface area (Å²) in [6, 6.07) is 2.11. The van der Waals surface area contributed by atoms with Gasteiger partial charge in [-0.15, -0.1) is 11.3 Å². The second-order valence-corrected chi connectivity index (χ2v) is 5.52. The normalized spacial score (nSPS) is 21.1. The van der Waals surface area contributed by atoms with Gasteiger partial charge in [0.1, 0.15) is 0 Å². The Labute approximate surface area is 105 Å². The van der Waals surface area contributed by atoms with Crippen molar-refractivity contribution in [3.63, 3.8) is 0 Å². The molecule has 1 aromatic heterocycles. The van der Waals surface area contributed by atoms with E-state index in [4.69, 9.17) is 0 Å². The first-order valence-electron chi connectivity index (χ1n) is 5.67. The highest BCUT2D eigenvalue weighted by Gasteiger charge is 2.21. The van der Waals surface area contributed by atoms with Crippen LogP contribution in [-0.2, 0) is 4.79 Å². The lowest BCUT2D eigenvalue weighted by Crippen LogP contribution is -2.31. The molecule has 1 amide bonds. The van der Waals surface area contributed by atoms with Crippen LogP contribution in [0, 0.1) is 12.8 Å². The number of rotatable bonds is 2. The van der Waals surface area contributed by atoms with Crippen molar-refractivity contribution in [3.05, 3.63) is 27.5 Å². The highest BCUT2D eigenvalue weighted by Crippen LogP contribution is 2.21. The molecule has 1 aliphatic heterocycles. The topological polar surface area (TPSA) is 41.5 Å². The van der Waals surface area contributed by atoms with Crippen LogP contribution in [0.15, 0.2) is 22.1 Å². The van der Waals surface area contributed by atoms with E-state index in [9.17, 15) is 4.79 Å². The zero-order valence-electron chi connectivity index (χ0n) is 10.3. The summed E-state index contributed by atoms with van der Waals surface area (Å²) < 4.78 is 0. The standard InChI is InChI=1S/C13H16N2OS/c1-8(6-11-4-5-17-10(11)3)13-9(2)7-12(16)14-15-13/h4-6,9H,7H2,1-3H3,(H,14,16). The number of nitrogens with one attached hydrogen (secondary N) is 1. The molecule has 0 fully saturated rings. The number of nitrogens with zero attached hydrogens (tertiary/aromatic N) is 1. The van der Waals surface area contributed by atoms with Crippen LogP contribution in [0.2, 0.25) is 0 Å². The van der Waals surface area contributed by atoms with Gasteiger partial charge in [-0.3, -0.25) is 4.79 Å². The number of hydrazone groups is 1. The monoisotopic (exact) mass is 248 g/mol. The highest BCUT2D eigenvalue weighted by molar-refractivity contribution is 7.10. The fourth-order valence-corrected chi connectivity index (χ4v) is 2.66. The third kappa shape index (κ3) is 2.64. The minimum atomic E-state index is 0.000707. The summed E-state index contributed by atoms with van der Waals surface area (Å²) in [4.78, 5) is 12.5. The number of aryl methyl sites for hydroxylation is 1. The van der Waals surface area contributed by atoms with Crippen LogP contribution in [0.1, 0.15) is 30.7 Å². The van der Waals surface area contributed by atoms with Gasteiger partial charge in [0.15, 0.2) is 0 Å². The molecule has 17 heavy (non-hydrogen) atoms. The van der Waals surface area contributed by atoms with E-state index in [1.165, 1.54) is 10.4 Å². The number of carbonyl (C=O) groups is 1. The van der Waals surface area contributed by atoms with E-state index in [1.54, 1.807) is 11.3 Å². The smallest absolute Gasteiger partial charge is 0.240 e. The molecular weight excluding hydrogens is 232 g/mol. The molecule has 0 aliphatic carbocycles. The Kier molecular flexibility index (Phi) is 3.43. The van der Waals surface area contributed by atoms with Crippen LogP contribution >= 0.6 is 11.3 Å². The molecule has 0 spiro atoms. The maximum atomic E-state index is 11.2. The highest BCUT2D eigenvalue weighted by atomic mass is 32.1. The van der Waals surface area contributed by atoms with Gasteiger partial charge in [0.25, 0.3) is 0 Å². The van der Waals surface area contributed by atoms with Gasteiger partial charge >= 0.3 is 0 Å². The Hall–Kier alpha value is -1.42. The molecule has 0 bridgehead atoms. The molecule has 1 aromatic rings. The third-order valence-electron chi connectivity index (χ3n) is 2.93. The molecule has 0 aromatic carbocycles. The quantitative estimate of drug-likeness (QED) is 0.859. The molecule has 0 saturated carbocycles. The van der Waals surface area contributed by atoms with Gasteiger partial charge in [-0.25, -0.2) is 5.43 Å². The van der Waals surface area contributed by atoms with Crippen molar-refractivity contribution in [1.29, 1.82) is 0 Å². The van der Waals surface area contributed by atoms with E-state index in [1.807, 2.05) is 13.8 Å². The van der Waals surface area contributed by atoms with Crippen LogP contribution in [-0.4, -0.2) is 11.6 Å². The molecule has 1 aliphatic rings. The van der Waals surface area contributed by atoms with E-state index in [-0.39, 0.29) is 11.8 Å². The summed E-state index contributed by atoms with van der Waals surface area (Å²) in [7, 11) is 0. The largest absolute Gasteiger partial charge is 0.273 e. The van der Waals surface area contributed by atoms with Crippen molar-refractivity contribution in [1.82, 2.24) is 5.43 Å². The van der Waals surface area contributed by atoms with Crippen molar-refractivity contribution in [3.8, 4) is 0 Å². The van der Waals surface area contributed by atoms with Gasteiger partial charge in [-0.1, -0.05) is 6.92 Å². The average molecular weight is 248 g/mol. The number of thiophene rings is 1. The molecule has 2 rings (SSSR count). The first kappa shape index (κ1) is 12.0. The summed E-state index contributed by atoms with van der Waals surface area (Å²) in [5, 5.41) is 6.24. The van der Waals surface area contributed by atoms with Gasteiger partial charge in [0.05, 0.1) is 5.71 Å². The molecule has 2 heterocycles. The minimum absolute atomic E-state index is 0.000707. The Bertz CT molecular complexity index is 499. The van der Waals surface area contributed by atoms with E-state index in [0.29, 0.717) is 6.42 Å². The molecular formula is C13H16N2OS.